The number of carbonyl (C=O) groups is 1. The molecule has 1 heterocycles. The number of aromatic nitrogens is 2. The van der Waals surface area contributed by atoms with Crippen molar-refractivity contribution < 1.29 is 13.9 Å². The minimum Gasteiger partial charge on any atom is -0.496 e. The number of rotatable bonds is 3. The molecule has 4 rings (SSSR count). The summed E-state index contributed by atoms with van der Waals surface area (Å²) in [7, 11) is 1.64. The largest absolute Gasteiger partial charge is 0.496 e. The first-order valence-electron chi connectivity index (χ1n) is 8.59. The molecule has 2 aromatic carbocycles. The highest BCUT2D eigenvalue weighted by molar-refractivity contribution is 6.00. The molecule has 0 aliphatic heterocycles. The topological polar surface area (TPSA) is 44.1 Å². The van der Waals surface area contributed by atoms with Crippen molar-refractivity contribution in [1.29, 1.82) is 0 Å². The Hall–Kier alpha value is -2.95. The van der Waals surface area contributed by atoms with Crippen LogP contribution >= 0.6 is 0 Å². The Morgan fingerprint density at radius 1 is 1.12 bits per heavy atom. The Morgan fingerprint density at radius 3 is 2.58 bits per heavy atom. The van der Waals surface area contributed by atoms with Gasteiger partial charge in [0.1, 0.15) is 11.6 Å². The highest BCUT2D eigenvalue weighted by atomic mass is 19.1. The number of methoxy groups -OCH3 is 1. The van der Waals surface area contributed by atoms with Crippen LogP contribution in [0.4, 0.5) is 4.39 Å². The molecule has 132 valence electrons. The summed E-state index contributed by atoms with van der Waals surface area (Å²) in [6, 6.07) is 14.0. The van der Waals surface area contributed by atoms with Crippen LogP contribution in [0.5, 0.6) is 5.75 Å². The SMILES string of the molecule is COc1ccccc1[C@@H]1CC(=O)c2c(C)nn(-c3ccc(F)cc3)c2C1. The Balaban J connectivity index is 1.80. The molecule has 1 atom stereocenters. The average Bonchev–Trinajstić information content (AvgIpc) is 2.99. The summed E-state index contributed by atoms with van der Waals surface area (Å²) in [5.41, 5.74) is 4.07. The fourth-order valence-corrected chi connectivity index (χ4v) is 3.78. The summed E-state index contributed by atoms with van der Waals surface area (Å²) in [6.45, 7) is 1.85. The van der Waals surface area contributed by atoms with Crippen LogP contribution in [-0.2, 0) is 6.42 Å². The van der Waals surface area contributed by atoms with E-state index < -0.39 is 0 Å². The molecule has 0 N–H and O–H groups in total. The molecular weight excluding hydrogens is 331 g/mol. The van der Waals surface area contributed by atoms with Gasteiger partial charge in [-0.3, -0.25) is 4.79 Å². The van der Waals surface area contributed by atoms with E-state index in [2.05, 4.69) is 5.10 Å². The van der Waals surface area contributed by atoms with Crippen molar-refractivity contribution in [3.05, 3.63) is 76.9 Å². The van der Waals surface area contributed by atoms with Crippen LogP contribution in [0.1, 0.15) is 39.6 Å². The summed E-state index contributed by atoms with van der Waals surface area (Å²) in [5.74, 6) is 0.613. The quantitative estimate of drug-likeness (QED) is 0.710. The van der Waals surface area contributed by atoms with Gasteiger partial charge in [-0.2, -0.15) is 5.10 Å². The molecule has 0 bridgehead atoms. The Bertz CT molecular complexity index is 976. The minimum absolute atomic E-state index is 0.0291. The van der Waals surface area contributed by atoms with Gasteiger partial charge in [0.05, 0.1) is 29.7 Å². The number of hydrogen-bond donors (Lipinski definition) is 0. The lowest BCUT2D eigenvalue weighted by Gasteiger charge is -2.24. The van der Waals surface area contributed by atoms with Gasteiger partial charge in [0.2, 0.25) is 0 Å². The summed E-state index contributed by atoms with van der Waals surface area (Å²) >= 11 is 0. The summed E-state index contributed by atoms with van der Waals surface area (Å²) in [4.78, 5) is 12.8. The standard InChI is InChI=1S/C21H19FN2O2/c1-13-21-18(24(23-13)16-9-7-15(22)8-10-16)11-14(12-19(21)25)17-5-3-4-6-20(17)26-2/h3-10,14H,11-12H2,1-2H3/t14-/m0/s1. The molecule has 0 amide bonds. The third-order valence-corrected chi connectivity index (χ3v) is 4.96. The van der Waals surface area contributed by atoms with Crippen LogP contribution < -0.4 is 4.74 Å². The molecule has 1 aliphatic carbocycles. The lowest BCUT2D eigenvalue weighted by molar-refractivity contribution is 0.0963. The van der Waals surface area contributed by atoms with Crippen molar-refractivity contribution in [1.82, 2.24) is 9.78 Å². The van der Waals surface area contributed by atoms with Crippen LogP contribution in [0.2, 0.25) is 0 Å². The maximum atomic E-state index is 13.3. The number of para-hydroxylation sites is 1. The first kappa shape index (κ1) is 16.5. The van der Waals surface area contributed by atoms with Gasteiger partial charge in [0.15, 0.2) is 5.78 Å². The van der Waals surface area contributed by atoms with E-state index in [-0.39, 0.29) is 17.5 Å². The predicted molar refractivity (Wildman–Crippen MR) is 96.6 cm³/mol. The van der Waals surface area contributed by atoms with Crippen LogP contribution in [0, 0.1) is 12.7 Å². The third-order valence-electron chi connectivity index (χ3n) is 4.96. The fourth-order valence-electron chi connectivity index (χ4n) is 3.78. The Labute approximate surface area is 151 Å². The van der Waals surface area contributed by atoms with Gasteiger partial charge in [-0.15, -0.1) is 0 Å². The van der Waals surface area contributed by atoms with Gasteiger partial charge in [-0.05, 0) is 49.2 Å². The maximum absolute atomic E-state index is 13.3. The fraction of sp³-hybridized carbons (Fsp3) is 0.238. The predicted octanol–water partition coefficient (Wildman–Crippen LogP) is 4.24. The van der Waals surface area contributed by atoms with Gasteiger partial charge in [0.25, 0.3) is 0 Å². The van der Waals surface area contributed by atoms with E-state index in [1.165, 1.54) is 12.1 Å². The smallest absolute Gasteiger partial charge is 0.167 e. The number of Topliss-reactive ketones (excluding diaryl/α,β-unsaturated/α-hetero) is 1. The molecule has 0 fully saturated rings. The Morgan fingerprint density at radius 2 is 1.85 bits per heavy atom. The normalized spacial score (nSPS) is 16.4. The van der Waals surface area contributed by atoms with Crippen molar-refractivity contribution in [2.45, 2.75) is 25.7 Å². The molecule has 0 unspecified atom stereocenters. The first-order valence-corrected chi connectivity index (χ1v) is 8.59. The zero-order valence-electron chi connectivity index (χ0n) is 14.7. The zero-order chi connectivity index (χ0) is 18.3. The van der Waals surface area contributed by atoms with Gasteiger partial charge in [0, 0.05) is 12.3 Å². The molecule has 1 aromatic heterocycles. The van der Waals surface area contributed by atoms with Gasteiger partial charge in [-0.25, -0.2) is 9.07 Å². The molecule has 1 aliphatic rings. The van der Waals surface area contributed by atoms with Gasteiger partial charge in [-0.1, -0.05) is 18.2 Å². The Kier molecular flexibility index (Phi) is 4.07. The molecule has 0 saturated heterocycles. The number of aryl methyl sites for hydroxylation is 1. The number of hydrogen-bond acceptors (Lipinski definition) is 3. The van der Waals surface area contributed by atoms with Crippen molar-refractivity contribution >= 4 is 5.78 Å². The van der Waals surface area contributed by atoms with Crippen LogP contribution in [-0.4, -0.2) is 22.7 Å². The second kappa shape index (κ2) is 6.41. The van der Waals surface area contributed by atoms with Crippen LogP contribution in [0.25, 0.3) is 5.69 Å². The monoisotopic (exact) mass is 350 g/mol. The minimum atomic E-state index is -0.297. The number of halogens is 1. The van der Waals surface area contributed by atoms with E-state index in [4.69, 9.17) is 4.74 Å². The zero-order valence-corrected chi connectivity index (χ0v) is 14.7. The van der Waals surface area contributed by atoms with E-state index in [1.807, 2.05) is 31.2 Å². The van der Waals surface area contributed by atoms with E-state index in [0.717, 1.165) is 22.7 Å². The first-order chi connectivity index (χ1) is 12.6. The molecule has 4 nitrogen and oxygen atoms in total. The highest BCUT2D eigenvalue weighted by Crippen LogP contribution is 2.38. The summed E-state index contributed by atoms with van der Waals surface area (Å²) < 4.78 is 20.5. The third kappa shape index (κ3) is 2.69. The average molecular weight is 350 g/mol. The number of carbonyl (C=O) groups excluding carboxylic acids is 1. The van der Waals surface area contributed by atoms with Crippen molar-refractivity contribution in [2.75, 3.05) is 7.11 Å². The lowest BCUT2D eigenvalue weighted by Crippen LogP contribution is -2.21. The van der Waals surface area contributed by atoms with Crippen LogP contribution in [0.3, 0.4) is 0 Å². The number of ether oxygens (including phenoxy) is 1. The summed E-state index contributed by atoms with van der Waals surface area (Å²) in [6.07, 6.45) is 1.11. The maximum Gasteiger partial charge on any atom is 0.167 e. The van der Waals surface area contributed by atoms with Gasteiger partial charge >= 0.3 is 0 Å². The van der Waals surface area contributed by atoms with Crippen LogP contribution in [0.15, 0.2) is 48.5 Å². The molecule has 0 saturated carbocycles. The molecule has 5 heteroatoms. The second-order valence-electron chi connectivity index (χ2n) is 6.57. The lowest BCUT2D eigenvalue weighted by atomic mass is 9.81. The molecular formula is C21H19FN2O2. The second-order valence-corrected chi connectivity index (χ2v) is 6.57. The molecule has 3 aromatic rings. The van der Waals surface area contributed by atoms with Crippen molar-refractivity contribution in [2.24, 2.45) is 0 Å². The molecule has 0 spiro atoms. The van der Waals surface area contributed by atoms with Crippen molar-refractivity contribution in [3.63, 3.8) is 0 Å². The number of ketones is 1. The van der Waals surface area contributed by atoms with E-state index in [1.54, 1.807) is 23.9 Å². The number of benzene rings is 2. The number of fused-ring (bicyclic) bond motifs is 1. The van der Waals surface area contributed by atoms with Gasteiger partial charge < -0.3 is 4.74 Å². The summed E-state index contributed by atoms with van der Waals surface area (Å²) in [5, 5.41) is 4.56. The van der Waals surface area contributed by atoms with E-state index >= 15 is 0 Å². The highest BCUT2D eigenvalue weighted by Gasteiger charge is 2.33. The molecule has 26 heavy (non-hydrogen) atoms. The van der Waals surface area contributed by atoms with Crippen molar-refractivity contribution in [3.8, 4) is 11.4 Å². The van der Waals surface area contributed by atoms with E-state index in [9.17, 15) is 9.18 Å². The van der Waals surface area contributed by atoms with E-state index in [0.29, 0.717) is 24.1 Å². The number of nitrogens with zero attached hydrogens (tertiary/aromatic N) is 2. The molecule has 0 radical (unpaired) electrons.